The minimum atomic E-state index is -1.02. The summed E-state index contributed by atoms with van der Waals surface area (Å²) in [5.74, 6) is -1.38. The molecule has 11 heteroatoms. The highest BCUT2D eigenvalue weighted by molar-refractivity contribution is 6.04. The van der Waals surface area contributed by atoms with E-state index in [1.165, 1.54) is 6.92 Å². The van der Waals surface area contributed by atoms with E-state index in [4.69, 9.17) is 4.74 Å². The van der Waals surface area contributed by atoms with Crippen LogP contribution in [0, 0.1) is 0 Å². The Hall–Kier alpha value is -4.67. The number of rotatable bonds is 6. The van der Waals surface area contributed by atoms with Crippen LogP contribution in [-0.4, -0.2) is 34.8 Å². The molecule has 4 rings (SSSR count). The maximum absolute atomic E-state index is 13.0. The van der Waals surface area contributed by atoms with Gasteiger partial charge < -0.3 is 26.0 Å². The van der Waals surface area contributed by atoms with Gasteiger partial charge in [0.25, 0.3) is 5.56 Å². The molecule has 34 heavy (non-hydrogen) atoms. The second-order valence-corrected chi connectivity index (χ2v) is 7.58. The third-order valence-corrected chi connectivity index (χ3v) is 5.09. The Morgan fingerprint density at radius 2 is 1.59 bits per heavy atom. The molecular weight excluding hydrogens is 440 g/mol. The highest BCUT2D eigenvalue weighted by Gasteiger charge is 2.34. The number of benzene rings is 2. The van der Waals surface area contributed by atoms with Crippen LogP contribution >= 0.6 is 0 Å². The smallest absolute Gasteiger partial charge is 0.258 e. The van der Waals surface area contributed by atoms with Gasteiger partial charge in [-0.3, -0.25) is 24.2 Å². The summed E-state index contributed by atoms with van der Waals surface area (Å²) in [4.78, 5) is 56.2. The number of carbonyl (C=O) groups excluding carboxylic acids is 3. The predicted octanol–water partition coefficient (Wildman–Crippen LogP) is 2.54. The van der Waals surface area contributed by atoms with Crippen molar-refractivity contribution in [3.05, 3.63) is 64.4 Å². The SMILES string of the molecule is COc1ccc(Nc2nc3c(c(=O)[nH]2)[C@@H](C(=O)Nc2ccc(NC(C)=O)cc2)CC(=O)N3)cc1. The predicted molar refractivity (Wildman–Crippen MR) is 126 cm³/mol. The zero-order chi connectivity index (χ0) is 24.2. The van der Waals surface area contributed by atoms with Crippen LogP contribution in [0.5, 0.6) is 5.75 Å². The largest absolute Gasteiger partial charge is 0.497 e. The number of methoxy groups -OCH3 is 1. The van der Waals surface area contributed by atoms with Gasteiger partial charge in [0.2, 0.25) is 23.7 Å². The molecule has 0 bridgehead atoms. The summed E-state index contributed by atoms with van der Waals surface area (Å²) >= 11 is 0. The number of aromatic nitrogens is 2. The monoisotopic (exact) mass is 462 g/mol. The molecule has 174 valence electrons. The van der Waals surface area contributed by atoms with Gasteiger partial charge in [-0.25, -0.2) is 0 Å². The third kappa shape index (κ3) is 5.04. The molecule has 0 fully saturated rings. The Labute approximate surface area is 193 Å². The van der Waals surface area contributed by atoms with Crippen LogP contribution in [-0.2, 0) is 14.4 Å². The summed E-state index contributed by atoms with van der Waals surface area (Å²) in [5, 5.41) is 10.9. The number of nitrogens with zero attached hydrogens (tertiary/aromatic N) is 1. The maximum Gasteiger partial charge on any atom is 0.258 e. The molecule has 0 aliphatic carbocycles. The lowest BCUT2D eigenvalue weighted by atomic mass is 9.92. The maximum atomic E-state index is 13.0. The van der Waals surface area contributed by atoms with Crippen LogP contribution in [0.15, 0.2) is 53.3 Å². The summed E-state index contributed by atoms with van der Waals surface area (Å²) in [6.07, 6.45) is -0.196. The van der Waals surface area contributed by atoms with E-state index in [0.717, 1.165) is 0 Å². The number of carbonyl (C=O) groups is 3. The van der Waals surface area contributed by atoms with Crippen LogP contribution in [0.2, 0.25) is 0 Å². The molecule has 11 nitrogen and oxygen atoms in total. The first-order chi connectivity index (χ1) is 16.3. The second kappa shape index (κ2) is 9.45. The highest BCUT2D eigenvalue weighted by Crippen LogP contribution is 2.30. The van der Waals surface area contributed by atoms with E-state index in [0.29, 0.717) is 22.8 Å². The van der Waals surface area contributed by atoms with Crippen molar-refractivity contribution in [2.45, 2.75) is 19.3 Å². The van der Waals surface area contributed by atoms with E-state index in [-0.39, 0.29) is 29.7 Å². The van der Waals surface area contributed by atoms with Gasteiger partial charge in [0.1, 0.15) is 11.6 Å². The summed E-state index contributed by atoms with van der Waals surface area (Å²) < 4.78 is 5.12. The lowest BCUT2D eigenvalue weighted by molar-refractivity contribution is -0.123. The molecule has 0 saturated heterocycles. The van der Waals surface area contributed by atoms with Gasteiger partial charge >= 0.3 is 0 Å². The fourth-order valence-electron chi connectivity index (χ4n) is 3.54. The first-order valence-electron chi connectivity index (χ1n) is 10.4. The van der Waals surface area contributed by atoms with Gasteiger partial charge in [-0.2, -0.15) is 4.98 Å². The molecule has 2 heterocycles. The van der Waals surface area contributed by atoms with Crippen molar-refractivity contribution in [2.24, 2.45) is 0 Å². The Morgan fingerprint density at radius 1 is 0.971 bits per heavy atom. The Kier molecular flexibility index (Phi) is 6.26. The Morgan fingerprint density at radius 3 is 2.21 bits per heavy atom. The Bertz CT molecular complexity index is 1300. The lowest BCUT2D eigenvalue weighted by Crippen LogP contribution is -2.36. The molecule has 3 amide bonds. The minimum Gasteiger partial charge on any atom is -0.497 e. The second-order valence-electron chi connectivity index (χ2n) is 7.58. The standard InChI is InChI=1S/C23H22N6O5/c1-12(30)24-13-3-5-14(6-4-13)25-21(32)17-11-18(31)27-20-19(17)22(33)29-23(28-20)26-15-7-9-16(34-2)10-8-15/h3-10,17H,11H2,1-2H3,(H,24,30)(H,25,32)(H3,26,27,28,29,31,33)/t17-/m0/s1. The fraction of sp³-hybridized carbons (Fsp3) is 0.174. The molecular formula is C23H22N6O5. The van der Waals surface area contributed by atoms with Crippen LogP contribution in [0.4, 0.5) is 28.8 Å². The van der Waals surface area contributed by atoms with E-state index < -0.39 is 23.3 Å². The van der Waals surface area contributed by atoms with Gasteiger partial charge in [0.15, 0.2) is 0 Å². The van der Waals surface area contributed by atoms with Crippen molar-refractivity contribution in [2.75, 3.05) is 28.4 Å². The van der Waals surface area contributed by atoms with Crippen LogP contribution < -0.4 is 31.6 Å². The molecule has 0 saturated carbocycles. The zero-order valence-electron chi connectivity index (χ0n) is 18.4. The van der Waals surface area contributed by atoms with Crippen LogP contribution in [0.1, 0.15) is 24.8 Å². The summed E-state index contributed by atoms with van der Waals surface area (Å²) in [5.41, 5.74) is 1.21. The van der Waals surface area contributed by atoms with Gasteiger partial charge in [-0.1, -0.05) is 0 Å². The molecule has 0 spiro atoms. The first kappa shape index (κ1) is 22.5. The Balaban J connectivity index is 1.55. The van der Waals surface area contributed by atoms with Gasteiger partial charge in [0, 0.05) is 30.4 Å². The van der Waals surface area contributed by atoms with Gasteiger partial charge in [-0.05, 0) is 48.5 Å². The van der Waals surface area contributed by atoms with E-state index >= 15 is 0 Å². The van der Waals surface area contributed by atoms with Crippen molar-refractivity contribution >= 4 is 46.5 Å². The number of ether oxygens (including phenoxy) is 1. The molecule has 1 aliphatic heterocycles. The third-order valence-electron chi connectivity index (χ3n) is 5.09. The average molecular weight is 462 g/mol. The minimum absolute atomic E-state index is 0.0252. The molecule has 2 aromatic carbocycles. The molecule has 5 N–H and O–H groups in total. The van der Waals surface area contributed by atoms with E-state index in [2.05, 4.69) is 31.2 Å². The average Bonchev–Trinajstić information content (AvgIpc) is 2.79. The number of anilines is 5. The van der Waals surface area contributed by atoms with Crippen LogP contribution in [0.3, 0.4) is 0 Å². The topological polar surface area (TPSA) is 154 Å². The van der Waals surface area contributed by atoms with Gasteiger partial charge in [-0.15, -0.1) is 0 Å². The number of fused-ring (bicyclic) bond motifs is 1. The number of nitrogens with one attached hydrogen (secondary N) is 5. The van der Waals surface area contributed by atoms with Crippen molar-refractivity contribution < 1.29 is 19.1 Å². The number of H-pyrrole nitrogens is 1. The normalized spacial score (nSPS) is 14.4. The van der Waals surface area contributed by atoms with E-state index in [1.807, 2.05) is 0 Å². The number of amides is 3. The zero-order valence-corrected chi connectivity index (χ0v) is 18.4. The lowest BCUT2D eigenvalue weighted by Gasteiger charge is -2.23. The number of hydrogen-bond donors (Lipinski definition) is 5. The summed E-state index contributed by atoms with van der Waals surface area (Å²) in [6, 6.07) is 13.4. The summed E-state index contributed by atoms with van der Waals surface area (Å²) in [7, 11) is 1.56. The summed E-state index contributed by atoms with van der Waals surface area (Å²) in [6.45, 7) is 1.39. The van der Waals surface area contributed by atoms with Crippen LogP contribution in [0.25, 0.3) is 0 Å². The molecule has 1 aromatic heterocycles. The molecule has 1 atom stereocenters. The molecule has 0 radical (unpaired) electrons. The van der Waals surface area contributed by atoms with E-state index in [9.17, 15) is 19.2 Å². The highest BCUT2D eigenvalue weighted by atomic mass is 16.5. The number of hydrogen-bond acceptors (Lipinski definition) is 7. The molecule has 0 unspecified atom stereocenters. The van der Waals surface area contributed by atoms with Crippen molar-refractivity contribution in [3.63, 3.8) is 0 Å². The molecule has 1 aliphatic rings. The molecule has 3 aromatic rings. The van der Waals surface area contributed by atoms with Crippen molar-refractivity contribution in [3.8, 4) is 5.75 Å². The van der Waals surface area contributed by atoms with E-state index in [1.54, 1.807) is 55.6 Å². The fourth-order valence-corrected chi connectivity index (χ4v) is 3.54. The van der Waals surface area contributed by atoms with Crippen molar-refractivity contribution in [1.29, 1.82) is 0 Å². The first-order valence-corrected chi connectivity index (χ1v) is 10.4. The number of aromatic amines is 1. The van der Waals surface area contributed by atoms with Gasteiger partial charge in [0.05, 0.1) is 18.6 Å². The van der Waals surface area contributed by atoms with Crippen molar-refractivity contribution in [1.82, 2.24) is 9.97 Å². The quantitative estimate of drug-likeness (QED) is 0.377.